The molecular formula is C36H48N6O5. The lowest BCUT2D eigenvalue weighted by atomic mass is 9.95. The van der Waals surface area contributed by atoms with E-state index in [1.807, 2.05) is 26.2 Å². The van der Waals surface area contributed by atoms with Crippen LogP contribution in [0.1, 0.15) is 53.6 Å². The second-order valence-electron chi connectivity index (χ2n) is 12.0. The molecule has 1 amide bonds. The number of benzene rings is 2. The van der Waals surface area contributed by atoms with Crippen molar-refractivity contribution in [2.45, 2.75) is 44.6 Å². The van der Waals surface area contributed by atoms with Gasteiger partial charge in [0.25, 0.3) is 5.91 Å². The second-order valence-corrected chi connectivity index (χ2v) is 12.0. The minimum atomic E-state index is -0.114. The number of rotatable bonds is 16. The molecule has 11 nitrogen and oxygen atoms in total. The number of para-hydroxylation sites is 1. The topological polar surface area (TPSA) is 114 Å². The number of pyridine rings is 1. The van der Waals surface area contributed by atoms with Crippen LogP contribution in [-0.4, -0.2) is 104 Å². The highest BCUT2D eigenvalue weighted by molar-refractivity contribution is 5.95. The third-order valence-corrected chi connectivity index (χ3v) is 8.95. The molecule has 0 spiro atoms. The van der Waals surface area contributed by atoms with Gasteiger partial charge in [-0.25, -0.2) is 4.98 Å². The Morgan fingerprint density at radius 1 is 1.09 bits per heavy atom. The van der Waals surface area contributed by atoms with Crippen LogP contribution in [0.4, 0.5) is 5.95 Å². The lowest BCUT2D eigenvalue weighted by molar-refractivity contribution is 0.0781. The number of hydrogen-bond acceptors (Lipinski definition) is 9. The number of nitrogens with one attached hydrogen (secondary N) is 2. The summed E-state index contributed by atoms with van der Waals surface area (Å²) in [5.41, 5.74) is 4.87. The zero-order valence-electron chi connectivity index (χ0n) is 28.3. The van der Waals surface area contributed by atoms with Crippen LogP contribution in [0.3, 0.4) is 0 Å². The van der Waals surface area contributed by atoms with E-state index in [2.05, 4.69) is 44.5 Å². The molecule has 1 fully saturated rings. The van der Waals surface area contributed by atoms with Crippen molar-refractivity contribution in [1.29, 1.82) is 0 Å². The Bertz CT molecular complexity index is 1560. The normalized spacial score (nSPS) is 14.6. The van der Waals surface area contributed by atoms with Gasteiger partial charge in [0, 0.05) is 63.2 Å². The Hall–Kier alpha value is -4.35. The largest absolute Gasteiger partial charge is 0.493 e. The number of nitrogens with zero attached hydrogens (tertiary/aromatic N) is 4. The van der Waals surface area contributed by atoms with E-state index >= 15 is 0 Å². The van der Waals surface area contributed by atoms with E-state index in [4.69, 9.17) is 23.9 Å². The Balaban J connectivity index is 1.17. The summed E-state index contributed by atoms with van der Waals surface area (Å²) in [5, 5.41) is 3.65. The highest BCUT2D eigenvalue weighted by Crippen LogP contribution is 2.38. The highest BCUT2D eigenvalue weighted by atomic mass is 16.5. The first kappa shape index (κ1) is 34.0. The van der Waals surface area contributed by atoms with Crippen LogP contribution in [0.25, 0.3) is 11.0 Å². The fourth-order valence-electron chi connectivity index (χ4n) is 6.34. The number of fused-ring (bicyclic) bond motifs is 1. The molecule has 1 unspecified atom stereocenters. The maximum atomic E-state index is 13.6. The molecule has 2 aromatic carbocycles. The number of likely N-dealkylation sites (tertiary alicyclic amines) is 1. The van der Waals surface area contributed by atoms with Gasteiger partial charge >= 0.3 is 0 Å². The van der Waals surface area contributed by atoms with Crippen LogP contribution in [0.5, 0.6) is 17.2 Å². The molecule has 3 heterocycles. The summed E-state index contributed by atoms with van der Waals surface area (Å²) in [6.45, 7) is 6.92. The molecule has 5 rings (SSSR count). The lowest BCUT2D eigenvalue weighted by Gasteiger charge is -2.33. The summed E-state index contributed by atoms with van der Waals surface area (Å²) in [6, 6.07) is 14.1. The van der Waals surface area contributed by atoms with E-state index in [1.54, 1.807) is 44.6 Å². The van der Waals surface area contributed by atoms with Crippen molar-refractivity contribution in [2.75, 3.05) is 73.1 Å². The Morgan fingerprint density at radius 3 is 2.51 bits per heavy atom. The van der Waals surface area contributed by atoms with Crippen molar-refractivity contribution in [3.8, 4) is 17.2 Å². The quantitative estimate of drug-likeness (QED) is 0.155. The van der Waals surface area contributed by atoms with Crippen molar-refractivity contribution in [2.24, 2.45) is 0 Å². The molecule has 0 saturated carbocycles. The van der Waals surface area contributed by atoms with Crippen LogP contribution in [0.2, 0.25) is 0 Å². The van der Waals surface area contributed by atoms with E-state index in [-0.39, 0.29) is 11.8 Å². The number of carbonyl (C=O) groups excluding carboxylic acids is 1. The van der Waals surface area contributed by atoms with E-state index < -0.39 is 0 Å². The van der Waals surface area contributed by atoms with Crippen molar-refractivity contribution >= 4 is 22.9 Å². The zero-order valence-corrected chi connectivity index (χ0v) is 28.3. The summed E-state index contributed by atoms with van der Waals surface area (Å²) in [6.07, 6.45) is 7.52. The van der Waals surface area contributed by atoms with Crippen molar-refractivity contribution in [3.63, 3.8) is 0 Å². The van der Waals surface area contributed by atoms with Gasteiger partial charge in [-0.15, -0.1) is 0 Å². The number of piperidine rings is 1. The third kappa shape index (κ3) is 8.52. The van der Waals surface area contributed by atoms with Gasteiger partial charge in [-0.3, -0.25) is 9.78 Å². The smallest absolute Gasteiger partial charge is 0.253 e. The van der Waals surface area contributed by atoms with E-state index in [9.17, 15) is 4.79 Å². The molecule has 0 aliphatic carbocycles. The summed E-state index contributed by atoms with van der Waals surface area (Å²) < 4.78 is 22.0. The number of aromatic nitrogens is 3. The number of aromatic amines is 1. The van der Waals surface area contributed by atoms with E-state index in [0.29, 0.717) is 42.0 Å². The molecule has 252 valence electrons. The van der Waals surface area contributed by atoms with Gasteiger partial charge < -0.3 is 39.0 Å². The summed E-state index contributed by atoms with van der Waals surface area (Å²) in [4.78, 5) is 30.6. The summed E-state index contributed by atoms with van der Waals surface area (Å²) in [7, 11) is 6.48. The number of H-pyrrole nitrogens is 1. The average Bonchev–Trinajstić information content (AvgIpc) is 3.53. The minimum Gasteiger partial charge on any atom is -0.493 e. The molecule has 0 bridgehead atoms. The van der Waals surface area contributed by atoms with Gasteiger partial charge in [0.05, 0.1) is 39.0 Å². The van der Waals surface area contributed by atoms with Crippen LogP contribution in [0, 0.1) is 0 Å². The Morgan fingerprint density at radius 2 is 1.85 bits per heavy atom. The molecule has 1 saturated heterocycles. The summed E-state index contributed by atoms with van der Waals surface area (Å²) >= 11 is 0. The first-order chi connectivity index (χ1) is 22.9. The molecule has 47 heavy (non-hydrogen) atoms. The average molecular weight is 645 g/mol. The molecule has 11 heteroatoms. The first-order valence-corrected chi connectivity index (χ1v) is 16.4. The van der Waals surface area contributed by atoms with Crippen molar-refractivity contribution in [3.05, 3.63) is 71.5 Å². The van der Waals surface area contributed by atoms with E-state index in [0.717, 1.165) is 74.5 Å². The number of hydrogen-bond donors (Lipinski definition) is 2. The van der Waals surface area contributed by atoms with Crippen LogP contribution >= 0.6 is 0 Å². The molecule has 1 aliphatic heterocycles. The van der Waals surface area contributed by atoms with Gasteiger partial charge in [-0.05, 0) is 74.5 Å². The molecule has 1 atom stereocenters. The maximum Gasteiger partial charge on any atom is 0.253 e. The molecular weight excluding hydrogens is 596 g/mol. The SMILES string of the molecule is CCOCCc1cccc2[nH]c(NC3CCN(CCC(CN(C)C(=O)c4cc(OC)c(OC)c(OC)c4)c4cccnc4)CC3)nc12. The Kier molecular flexibility index (Phi) is 11.9. The molecule has 2 N–H and O–H groups in total. The van der Waals surface area contributed by atoms with Crippen LogP contribution in [-0.2, 0) is 11.2 Å². The highest BCUT2D eigenvalue weighted by Gasteiger charge is 2.25. The van der Waals surface area contributed by atoms with Crippen LogP contribution < -0.4 is 19.5 Å². The minimum absolute atomic E-state index is 0.114. The predicted octanol–water partition coefficient (Wildman–Crippen LogP) is 5.39. The third-order valence-electron chi connectivity index (χ3n) is 8.95. The standard InChI is InChI=1S/C36H48N6O5/c1-6-47-20-15-25-9-7-11-30-33(25)40-36(39-30)38-29-13-18-42(19-14-29)17-12-27(26-10-8-16-37-23-26)24-41(2)35(43)28-21-31(44-3)34(46-5)32(22-28)45-4/h7-11,16,21-23,27,29H,6,12-15,17-20,24H2,1-5H3,(H2,38,39,40). The van der Waals surface area contributed by atoms with Gasteiger partial charge in [0.15, 0.2) is 11.5 Å². The molecule has 4 aromatic rings. The number of carbonyl (C=O) groups is 1. The zero-order chi connectivity index (χ0) is 33.2. The van der Waals surface area contributed by atoms with Crippen molar-refractivity contribution < 1.29 is 23.7 Å². The maximum absolute atomic E-state index is 13.6. The number of imidazole rings is 1. The van der Waals surface area contributed by atoms with Crippen molar-refractivity contribution in [1.82, 2.24) is 24.8 Å². The van der Waals surface area contributed by atoms with Crippen LogP contribution in [0.15, 0.2) is 54.9 Å². The van der Waals surface area contributed by atoms with Gasteiger partial charge in [0.1, 0.15) is 0 Å². The number of likely N-dealkylation sites (N-methyl/N-ethyl adjacent to an activating group) is 1. The first-order valence-electron chi connectivity index (χ1n) is 16.4. The predicted molar refractivity (Wildman–Crippen MR) is 184 cm³/mol. The number of amides is 1. The van der Waals surface area contributed by atoms with E-state index in [1.165, 1.54) is 5.56 Å². The van der Waals surface area contributed by atoms with Gasteiger partial charge in [-0.1, -0.05) is 18.2 Å². The number of methoxy groups -OCH3 is 3. The molecule has 1 aliphatic rings. The number of ether oxygens (including phenoxy) is 4. The van der Waals surface area contributed by atoms with Gasteiger partial charge in [0.2, 0.25) is 11.7 Å². The van der Waals surface area contributed by atoms with Gasteiger partial charge in [-0.2, -0.15) is 0 Å². The summed E-state index contributed by atoms with van der Waals surface area (Å²) in [5.74, 6) is 2.21. The number of anilines is 1. The monoisotopic (exact) mass is 644 g/mol. The molecule has 2 aromatic heterocycles. The fraction of sp³-hybridized carbons (Fsp3) is 0.472. The molecule has 0 radical (unpaired) electrons. The fourth-order valence-corrected chi connectivity index (χ4v) is 6.34. The lowest BCUT2D eigenvalue weighted by Crippen LogP contribution is -2.40. The Labute approximate surface area is 277 Å². The second kappa shape index (κ2) is 16.5.